The fourth-order valence-corrected chi connectivity index (χ4v) is 2.47. The third-order valence-corrected chi connectivity index (χ3v) is 3.78. The van der Waals surface area contributed by atoms with Crippen LogP contribution < -0.4 is 15.8 Å². The minimum absolute atomic E-state index is 0.0623. The summed E-state index contributed by atoms with van der Waals surface area (Å²) in [5.41, 5.74) is 6.55. The molecule has 0 radical (unpaired) electrons. The molecule has 0 bridgehead atoms. The molecule has 0 aromatic heterocycles. The molecule has 0 spiro atoms. The van der Waals surface area contributed by atoms with Gasteiger partial charge in [0.05, 0.1) is 18.9 Å². The first-order chi connectivity index (χ1) is 11.0. The Morgan fingerprint density at radius 3 is 2.70 bits per heavy atom. The molecule has 23 heavy (non-hydrogen) atoms. The Balaban J connectivity index is 2.10. The summed E-state index contributed by atoms with van der Waals surface area (Å²) in [6.07, 6.45) is 0.860. The number of nitrogens with zero attached hydrogens (tertiary/aromatic N) is 1. The number of rotatable bonds is 5. The van der Waals surface area contributed by atoms with Crippen LogP contribution in [0.25, 0.3) is 0 Å². The molecule has 7 nitrogen and oxygen atoms in total. The average Bonchev–Trinajstić information content (AvgIpc) is 3.03. The van der Waals surface area contributed by atoms with Crippen LogP contribution in [0.3, 0.4) is 0 Å². The monoisotopic (exact) mass is 321 g/mol. The van der Waals surface area contributed by atoms with Crippen LogP contribution in [0.5, 0.6) is 5.75 Å². The lowest BCUT2D eigenvalue weighted by atomic mass is 10.1. The molecule has 126 valence electrons. The summed E-state index contributed by atoms with van der Waals surface area (Å²) >= 11 is 0. The highest BCUT2D eigenvalue weighted by molar-refractivity contribution is 5.98. The number of nitrogens with two attached hydrogens (primary N) is 1. The second kappa shape index (κ2) is 7.43. The van der Waals surface area contributed by atoms with E-state index in [1.54, 1.807) is 32.3 Å². The molecular weight excluding hydrogens is 298 g/mol. The predicted octanol–water partition coefficient (Wildman–Crippen LogP) is 0.842. The topological polar surface area (TPSA) is 93.9 Å². The molecule has 3 N–H and O–H groups in total. The number of hydrogen-bond donors (Lipinski definition) is 2. The summed E-state index contributed by atoms with van der Waals surface area (Å²) in [6, 6.07) is 4.91. The Morgan fingerprint density at radius 1 is 1.39 bits per heavy atom. The Hall–Kier alpha value is -2.12. The van der Waals surface area contributed by atoms with Crippen molar-refractivity contribution in [3.05, 3.63) is 23.8 Å². The van der Waals surface area contributed by atoms with E-state index in [1.807, 2.05) is 0 Å². The fourth-order valence-electron chi connectivity index (χ4n) is 2.47. The van der Waals surface area contributed by atoms with Gasteiger partial charge in [0.15, 0.2) is 0 Å². The zero-order valence-corrected chi connectivity index (χ0v) is 13.7. The van der Waals surface area contributed by atoms with Crippen molar-refractivity contribution < 1.29 is 19.1 Å². The van der Waals surface area contributed by atoms with Crippen LogP contribution in [-0.4, -0.2) is 56.7 Å². The Kier molecular flexibility index (Phi) is 5.57. The molecule has 2 atom stereocenters. The maximum atomic E-state index is 12.3. The van der Waals surface area contributed by atoms with E-state index in [0.717, 1.165) is 6.42 Å². The molecule has 1 heterocycles. The maximum absolute atomic E-state index is 12.3. The number of amides is 2. The van der Waals surface area contributed by atoms with Gasteiger partial charge in [-0.3, -0.25) is 9.59 Å². The first-order valence-electron chi connectivity index (χ1n) is 7.52. The van der Waals surface area contributed by atoms with Gasteiger partial charge in [0.2, 0.25) is 0 Å². The smallest absolute Gasteiger partial charge is 0.253 e. The lowest BCUT2D eigenvalue weighted by molar-refractivity contribution is -0.126. The van der Waals surface area contributed by atoms with Crippen molar-refractivity contribution in [3.8, 4) is 5.75 Å². The second-order valence-corrected chi connectivity index (χ2v) is 5.66. The SMILES string of the molecule is COc1cc(C(=O)N(C)C)ccc1NC(=O)[C@@H]1CC[C@H](CN)O1. The van der Waals surface area contributed by atoms with Gasteiger partial charge in [0, 0.05) is 26.2 Å². The van der Waals surface area contributed by atoms with Crippen LogP contribution in [0, 0.1) is 0 Å². The molecule has 2 amide bonds. The van der Waals surface area contributed by atoms with Gasteiger partial charge < -0.3 is 25.4 Å². The van der Waals surface area contributed by atoms with Gasteiger partial charge in [-0.05, 0) is 31.0 Å². The zero-order chi connectivity index (χ0) is 17.0. The van der Waals surface area contributed by atoms with Crippen LogP contribution in [0.1, 0.15) is 23.2 Å². The molecule has 1 aliphatic heterocycles. The van der Waals surface area contributed by atoms with E-state index in [2.05, 4.69) is 5.32 Å². The normalized spacial score (nSPS) is 20.2. The molecule has 1 aromatic rings. The van der Waals surface area contributed by atoms with E-state index in [4.69, 9.17) is 15.2 Å². The van der Waals surface area contributed by atoms with Gasteiger partial charge in [0.25, 0.3) is 11.8 Å². The summed E-state index contributed by atoms with van der Waals surface area (Å²) < 4.78 is 10.8. The average molecular weight is 321 g/mol. The first-order valence-corrected chi connectivity index (χ1v) is 7.52. The van der Waals surface area contributed by atoms with Crippen LogP contribution in [0.2, 0.25) is 0 Å². The summed E-state index contributed by atoms with van der Waals surface area (Å²) in [5, 5.41) is 2.79. The number of anilines is 1. The molecule has 1 saturated heterocycles. The summed E-state index contributed by atoms with van der Waals surface area (Å²) in [6.45, 7) is 0.411. The molecule has 1 fully saturated rings. The first kappa shape index (κ1) is 17.2. The molecule has 0 aliphatic carbocycles. The third kappa shape index (κ3) is 4.00. The number of benzene rings is 1. The molecular formula is C16H23N3O4. The van der Waals surface area contributed by atoms with Crippen molar-refractivity contribution >= 4 is 17.5 Å². The molecule has 1 aliphatic rings. The highest BCUT2D eigenvalue weighted by Crippen LogP contribution is 2.27. The van der Waals surface area contributed by atoms with Crippen molar-refractivity contribution in [3.63, 3.8) is 0 Å². The van der Waals surface area contributed by atoms with Crippen molar-refractivity contribution in [1.29, 1.82) is 0 Å². The Bertz CT molecular complexity index is 589. The highest BCUT2D eigenvalue weighted by atomic mass is 16.5. The zero-order valence-electron chi connectivity index (χ0n) is 13.7. The van der Waals surface area contributed by atoms with E-state index < -0.39 is 6.10 Å². The van der Waals surface area contributed by atoms with Crippen LogP contribution >= 0.6 is 0 Å². The molecule has 2 rings (SSSR count). The summed E-state index contributed by atoms with van der Waals surface area (Å²) in [5.74, 6) is 0.0662. The van der Waals surface area contributed by atoms with Gasteiger partial charge in [-0.25, -0.2) is 0 Å². The molecule has 1 aromatic carbocycles. The number of carbonyl (C=O) groups is 2. The highest BCUT2D eigenvalue weighted by Gasteiger charge is 2.30. The van der Waals surface area contributed by atoms with Crippen molar-refractivity contribution in [1.82, 2.24) is 4.90 Å². The van der Waals surface area contributed by atoms with E-state index in [0.29, 0.717) is 30.0 Å². The fraction of sp³-hybridized carbons (Fsp3) is 0.500. The standard InChI is InChI=1S/C16H23N3O4/c1-19(2)16(21)10-4-6-12(14(8-10)22-3)18-15(20)13-7-5-11(9-17)23-13/h4,6,8,11,13H,5,7,9,17H2,1-3H3,(H,18,20)/t11-,13+/m1/s1. The predicted molar refractivity (Wildman–Crippen MR) is 86.6 cm³/mol. The number of ether oxygens (including phenoxy) is 2. The van der Waals surface area contributed by atoms with Gasteiger partial charge >= 0.3 is 0 Å². The van der Waals surface area contributed by atoms with Crippen LogP contribution in [0.4, 0.5) is 5.69 Å². The van der Waals surface area contributed by atoms with Crippen molar-refractivity contribution in [2.45, 2.75) is 25.0 Å². The van der Waals surface area contributed by atoms with E-state index in [1.165, 1.54) is 12.0 Å². The number of methoxy groups -OCH3 is 1. The molecule has 0 saturated carbocycles. The Labute approximate surface area is 135 Å². The van der Waals surface area contributed by atoms with Crippen molar-refractivity contribution in [2.75, 3.05) is 33.1 Å². The van der Waals surface area contributed by atoms with E-state index >= 15 is 0 Å². The van der Waals surface area contributed by atoms with E-state index in [9.17, 15) is 9.59 Å². The number of hydrogen-bond acceptors (Lipinski definition) is 5. The van der Waals surface area contributed by atoms with Gasteiger partial charge in [-0.15, -0.1) is 0 Å². The van der Waals surface area contributed by atoms with Crippen LogP contribution in [0.15, 0.2) is 18.2 Å². The second-order valence-electron chi connectivity index (χ2n) is 5.66. The molecule has 0 unspecified atom stereocenters. The van der Waals surface area contributed by atoms with E-state index in [-0.39, 0.29) is 17.9 Å². The third-order valence-electron chi connectivity index (χ3n) is 3.78. The van der Waals surface area contributed by atoms with Gasteiger partial charge in [-0.2, -0.15) is 0 Å². The van der Waals surface area contributed by atoms with Gasteiger partial charge in [0.1, 0.15) is 11.9 Å². The minimum Gasteiger partial charge on any atom is -0.495 e. The largest absolute Gasteiger partial charge is 0.495 e. The summed E-state index contributed by atoms with van der Waals surface area (Å²) in [7, 11) is 4.84. The number of carbonyl (C=O) groups excluding carboxylic acids is 2. The molecule has 7 heteroatoms. The minimum atomic E-state index is -0.503. The van der Waals surface area contributed by atoms with Crippen molar-refractivity contribution in [2.24, 2.45) is 5.73 Å². The van der Waals surface area contributed by atoms with Crippen LogP contribution in [-0.2, 0) is 9.53 Å². The quantitative estimate of drug-likeness (QED) is 0.838. The lowest BCUT2D eigenvalue weighted by Gasteiger charge is -2.16. The van der Waals surface area contributed by atoms with Gasteiger partial charge in [-0.1, -0.05) is 0 Å². The summed E-state index contributed by atoms with van der Waals surface area (Å²) in [4.78, 5) is 25.7. The Morgan fingerprint density at radius 2 is 2.13 bits per heavy atom. The lowest BCUT2D eigenvalue weighted by Crippen LogP contribution is -2.30. The number of nitrogens with one attached hydrogen (secondary N) is 1. The maximum Gasteiger partial charge on any atom is 0.253 e.